The van der Waals surface area contributed by atoms with Crippen molar-refractivity contribution in [1.29, 1.82) is 0 Å². The predicted molar refractivity (Wildman–Crippen MR) is 138 cm³/mol. The zero-order valence-electron chi connectivity index (χ0n) is 19.9. The molecule has 0 bridgehead atoms. The largest absolute Gasteiger partial charge is 0.361 e. The molecule has 9 heteroatoms. The molecule has 0 spiro atoms. The lowest BCUT2D eigenvalue weighted by atomic mass is 10.1. The van der Waals surface area contributed by atoms with Gasteiger partial charge in [-0.05, 0) is 56.1 Å². The lowest BCUT2D eigenvalue weighted by Gasteiger charge is -2.14. The van der Waals surface area contributed by atoms with Gasteiger partial charge in [0.25, 0.3) is 5.56 Å². The molecule has 0 radical (unpaired) electrons. The standard InChI is InChI=1S/C26H27N7OS/c1-3-35-19-10-4-16(5-11-19)12-27-24-26(34)33(18-8-9-18)25-20(31-24)13-28-23(32-25)21-15(2)29-14-30-22(21)17-6-7-17/h4-5,10-11,13-14,17-18H,3,6-9,12H2,1-2H3,(H,27,31). The molecule has 2 saturated carbocycles. The minimum atomic E-state index is -0.133. The van der Waals surface area contributed by atoms with E-state index >= 15 is 0 Å². The topological polar surface area (TPSA) is 98.5 Å². The molecular formula is C26H27N7OS. The predicted octanol–water partition coefficient (Wildman–Crippen LogP) is 4.89. The monoisotopic (exact) mass is 485 g/mol. The van der Waals surface area contributed by atoms with Crippen molar-refractivity contribution in [3.05, 3.63) is 64.1 Å². The number of nitrogens with one attached hydrogen (secondary N) is 1. The van der Waals surface area contributed by atoms with Crippen LogP contribution in [0, 0.1) is 6.92 Å². The molecule has 1 N–H and O–H groups in total. The van der Waals surface area contributed by atoms with Crippen molar-refractivity contribution in [2.24, 2.45) is 0 Å². The first-order valence-electron chi connectivity index (χ1n) is 12.2. The minimum absolute atomic E-state index is 0.133. The van der Waals surface area contributed by atoms with Crippen molar-refractivity contribution < 1.29 is 0 Å². The maximum Gasteiger partial charge on any atom is 0.295 e. The molecule has 2 fully saturated rings. The molecule has 3 heterocycles. The van der Waals surface area contributed by atoms with Gasteiger partial charge in [-0.3, -0.25) is 9.36 Å². The Balaban J connectivity index is 1.37. The number of benzene rings is 1. The van der Waals surface area contributed by atoms with E-state index in [0.717, 1.165) is 54.0 Å². The van der Waals surface area contributed by atoms with Crippen LogP contribution >= 0.6 is 11.8 Å². The maximum absolute atomic E-state index is 13.5. The van der Waals surface area contributed by atoms with Crippen molar-refractivity contribution in [3.8, 4) is 11.4 Å². The Hall–Kier alpha value is -3.33. The van der Waals surface area contributed by atoms with E-state index in [2.05, 4.69) is 56.4 Å². The van der Waals surface area contributed by atoms with Gasteiger partial charge in [-0.2, -0.15) is 0 Å². The highest BCUT2D eigenvalue weighted by molar-refractivity contribution is 7.99. The van der Waals surface area contributed by atoms with Gasteiger partial charge in [-0.1, -0.05) is 19.1 Å². The molecule has 3 aromatic heterocycles. The molecule has 6 rings (SSSR count). The number of anilines is 1. The summed E-state index contributed by atoms with van der Waals surface area (Å²) in [5.74, 6) is 2.39. The van der Waals surface area contributed by atoms with Crippen LogP contribution in [-0.4, -0.2) is 35.2 Å². The second-order valence-corrected chi connectivity index (χ2v) is 10.5. The van der Waals surface area contributed by atoms with Crippen LogP contribution in [0.4, 0.5) is 5.82 Å². The van der Waals surface area contributed by atoms with E-state index in [1.165, 1.54) is 4.90 Å². The summed E-state index contributed by atoms with van der Waals surface area (Å²) < 4.78 is 1.80. The summed E-state index contributed by atoms with van der Waals surface area (Å²) >= 11 is 1.81. The van der Waals surface area contributed by atoms with Gasteiger partial charge in [0.1, 0.15) is 11.8 Å². The quantitative estimate of drug-likeness (QED) is 0.352. The smallest absolute Gasteiger partial charge is 0.295 e. The summed E-state index contributed by atoms with van der Waals surface area (Å²) in [4.78, 5) is 37.8. The number of aryl methyl sites for hydroxylation is 1. The van der Waals surface area contributed by atoms with E-state index in [1.807, 2.05) is 18.7 Å². The second-order valence-electron chi connectivity index (χ2n) is 9.19. The van der Waals surface area contributed by atoms with Gasteiger partial charge in [0, 0.05) is 23.4 Å². The fourth-order valence-electron chi connectivity index (χ4n) is 4.40. The molecule has 178 valence electrons. The highest BCUT2D eigenvalue weighted by Crippen LogP contribution is 2.43. The Labute approximate surface area is 207 Å². The fraction of sp³-hybridized carbons (Fsp3) is 0.385. The maximum atomic E-state index is 13.5. The third-order valence-corrected chi connectivity index (χ3v) is 7.39. The molecule has 1 aromatic carbocycles. The van der Waals surface area contributed by atoms with Crippen molar-refractivity contribution in [2.45, 2.75) is 62.9 Å². The lowest BCUT2D eigenvalue weighted by Crippen LogP contribution is -2.25. The highest BCUT2D eigenvalue weighted by Gasteiger charge is 2.32. The van der Waals surface area contributed by atoms with Crippen molar-refractivity contribution in [2.75, 3.05) is 11.1 Å². The van der Waals surface area contributed by atoms with Crippen LogP contribution in [-0.2, 0) is 6.54 Å². The summed E-state index contributed by atoms with van der Waals surface area (Å²) in [6.45, 7) is 4.63. The van der Waals surface area contributed by atoms with E-state index in [1.54, 1.807) is 17.1 Å². The molecule has 4 aromatic rings. The first-order chi connectivity index (χ1) is 17.1. The van der Waals surface area contributed by atoms with Crippen LogP contribution in [0.5, 0.6) is 0 Å². The number of fused-ring (bicyclic) bond motifs is 1. The zero-order valence-corrected chi connectivity index (χ0v) is 20.7. The third kappa shape index (κ3) is 4.40. The van der Waals surface area contributed by atoms with E-state index < -0.39 is 0 Å². The van der Waals surface area contributed by atoms with Crippen molar-refractivity contribution >= 4 is 28.7 Å². The molecule has 0 saturated heterocycles. The zero-order chi connectivity index (χ0) is 23.9. The van der Waals surface area contributed by atoms with Gasteiger partial charge >= 0.3 is 0 Å². The number of aromatic nitrogens is 6. The van der Waals surface area contributed by atoms with Crippen molar-refractivity contribution in [1.82, 2.24) is 29.5 Å². The number of hydrogen-bond acceptors (Lipinski definition) is 8. The third-order valence-electron chi connectivity index (χ3n) is 6.49. The Morgan fingerprint density at radius 1 is 1.06 bits per heavy atom. The summed E-state index contributed by atoms with van der Waals surface area (Å²) in [7, 11) is 0. The molecule has 0 unspecified atom stereocenters. The Kier molecular flexibility index (Phi) is 5.72. The number of nitrogens with zero attached hydrogens (tertiary/aromatic N) is 6. The molecule has 2 aliphatic rings. The summed E-state index contributed by atoms with van der Waals surface area (Å²) in [5.41, 5.74) is 4.91. The fourth-order valence-corrected chi connectivity index (χ4v) is 5.06. The SMILES string of the molecule is CCSc1ccc(CNc2nc3cnc(-c4c(C)ncnc4C4CC4)nc3n(C3CC3)c2=O)cc1. The van der Waals surface area contributed by atoms with Crippen LogP contribution in [0.15, 0.2) is 46.5 Å². The Morgan fingerprint density at radius 3 is 2.57 bits per heavy atom. The van der Waals surface area contributed by atoms with E-state index in [0.29, 0.717) is 35.3 Å². The molecule has 2 aliphatic carbocycles. The summed E-state index contributed by atoms with van der Waals surface area (Å²) in [6, 6.07) is 8.55. The number of hydrogen-bond donors (Lipinski definition) is 1. The second kappa shape index (κ2) is 9.03. The Bertz CT molecular complexity index is 1460. The van der Waals surface area contributed by atoms with Crippen molar-refractivity contribution in [3.63, 3.8) is 0 Å². The first-order valence-corrected chi connectivity index (χ1v) is 13.2. The van der Waals surface area contributed by atoms with Gasteiger partial charge in [0.05, 0.1) is 23.1 Å². The van der Waals surface area contributed by atoms with Crippen LogP contribution in [0.1, 0.15) is 61.5 Å². The molecule has 0 atom stereocenters. The molecule has 8 nitrogen and oxygen atoms in total. The van der Waals surface area contributed by atoms with E-state index in [4.69, 9.17) is 4.98 Å². The van der Waals surface area contributed by atoms with Gasteiger partial charge in [0.2, 0.25) is 0 Å². The average molecular weight is 486 g/mol. The number of rotatable bonds is 8. The van der Waals surface area contributed by atoms with Gasteiger partial charge < -0.3 is 5.32 Å². The molecule has 35 heavy (non-hydrogen) atoms. The van der Waals surface area contributed by atoms with E-state index in [-0.39, 0.29) is 11.6 Å². The van der Waals surface area contributed by atoms with Crippen LogP contribution in [0.25, 0.3) is 22.6 Å². The van der Waals surface area contributed by atoms with Gasteiger partial charge in [-0.25, -0.2) is 24.9 Å². The average Bonchev–Trinajstić information content (AvgIpc) is 3.77. The van der Waals surface area contributed by atoms with Gasteiger partial charge in [-0.15, -0.1) is 11.8 Å². The van der Waals surface area contributed by atoms with Gasteiger partial charge in [0.15, 0.2) is 17.3 Å². The first kappa shape index (κ1) is 22.2. The minimum Gasteiger partial charge on any atom is -0.361 e. The molecule has 0 aliphatic heterocycles. The number of thioether (sulfide) groups is 1. The van der Waals surface area contributed by atoms with Crippen LogP contribution in [0.2, 0.25) is 0 Å². The normalized spacial score (nSPS) is 15.5. The molecular weight excluding hydrogens is 458 g/mol. The lowest BCUT2D eigenvalue weighted by molar-refractivity contribution is 0.723. The van der Waals surface area contributed by atoms with Crippen LogP contribution < -0.4 is 10.9 Å². The summed E-state index contributed by atoms with van der Waals surface area (Å²) in [6.07, 6.45) is 7.52. The Morgan fingerprint density at radius 2 is 1.86 bits per heavy atom. The van der Waals surface area contributed by atoms with E-state index in [9.17, 15) is 4.79 Å². The molecule has 0 amide bonds. The van der Waals surface area contributed by atoms with Crippen LogP contribution in [0.3, 0.4) is 0 Å². The summed E-state index contributed by atoms with van der Waals surface area (Å²) in [5, 5.41) is 3.26. The highest BCUT2D eigenvalue weighted by atomic mass is 32.2.